The Bertz CT molecular complexity index is 140. The Morgan fingerprint density at radius 2 is 2.08 bits per heavy atom. The van der Waals surface area contributed by atoms with Gasteiger partial charge < -0.3 is 9.08 Å². The summed E-state index contributed by atoms with van der Waals surface area (Å²) in [4.78, 5) is 2.42. The van der Waals surface area contributed by atoms with Crippen molar-refractivity contribution in [1.29, 1.82) is 0 Å². The van der Waals surface area contributed by atoms with Crippen molar-refractivity contribution in [3.8, 4) is 0 Å². The van der Waals surface area contributed by atoms with Crippen LogP contribution < -0.4 is 0 Å². The molecule has 0 saturated heterocycles. The van der Waals surface area contributed by atoms with Gasteiger partial charge in [0.2, 0.25) is 0 Å². The summed E-state index contributed by atoms with van der Waals surface area (Å²) >= 11 is 3.86. The van der Waals surface area contributed by atoms with Gasteiger partial charge in [0, 0.05) is 12.1 Å². The molecule has 1 rings (SSSR count). The van der Waals surface area contributed by atoms with E-state index in [0.29, 0.717) is 18.2 Å². The highest BCUT2D eigenvalue weighted by Crippen LogP contribution is 2.27. The van der Waals surface area contributed by atoms with E-state index in [-0.39, 0.29) is 0 Å². The molecule has 1 fully saturated rings. The number of hydrogen-bond acceptors (Lipinski definition) is 3. The molecular weight excluding hydrogens is 170 g/mol. The van der Waals surface area contributed by atoms with Crippen LogP contribution in [-0.4, -0.2) is 30.1 Å². The zero-order valence-electron chi connectivity index (χ0n) is 8.16. The van der Waals surface area contributed by atoms with Gasteiger partial charge in [0.25, 0.3) is 0 Å². The first kappa shape index (κ1) is 10.4. The Morgan fingerprint density at radius 3 is 2.50 bits per heavy atom. The molecule has 1 unspecified atom stereocenters. The second kappa shape index (κ2) is 4.49. The smallest absolute Gasteiger partial charge is 0.0734 e. The molecule has 0 aromatic heterocycles. The van der Waals surface area contributed by atoms with E-state index in [4.69, 9.17) is 4.18 Å². The quantitative estimate of drug-likeness (QED) is 0.539. The molecule has 0 aliphatic heterocycles. The van der Waals surface area contributed by atoms with E-state index in [1.54, 1.807) is 0 Å². The first-order valence-electron chi connectivity index (χ1n) is 4.67. The summed E-state index contributed by atoms with van der Waals surface area (Å²) in [6.45, 7) is 4.46. The van der Waals surface area contributed by atoms with Crippen LogP contribution in [0.5, 0.6) is 0 Å². The first-order chi connectivity index (χ1) is 5.65. The zero-order valence-corrected chi connectivity index (χ0v) is 9.05. The van der Waals surface area contributed by atoms with Gasteiger partial charge in [-0.15, -0.1) is 0 Å². The van der Waals surface area contributed by atoms with E-state index in [0.717, 1.165) is 12.8 Å². The Labute approximate surface area is 80.9 Å². The van der Waals surface area contributed by atoms with Crippen molar-refractivity contribution in [2.24, 2.45) is 0 Å². The largest absolute Gasteiger partial charge is 0.315 e. The summed E-state index contributed by atoms with van der Waals surface area (Å²) in [6, 6.07) is 1.33. The van der Waals surface area contributed by atoms with Crippen LogP contribution in [0, 0.1) is 0 Å². The fourth-order valence-corrected chi connectivity index (χ4v) is 2.00. The molecule has 2 nitrogen and oxygen atoms in total. The molecule has 1 saturated carbocycles. The summed E-state index contributed by atoms with van der Waals surface area (Å²) in [5.74, 6) is 0. The Hall–Kier alpha value is 0.270. The van der Waals surface area contributed by atoms with Crippen molar-refractivity contribution >= 4 is 12.9 Å². The molecule has 2 atom stereocenters. The lowest BCUT2D eigenvalue weighted by molar-refractivity contribution is 0.178. The van der Waals surface area contributed by atoms with Gasteiger partial charge >= 0.3 is 0 Å². The van der Waals surface area contributed by atoms with Crippen LogP contribution in [-0.2, 0) is 4.18 Å². The molecule has 12 heavy (non-hydrogen) atoms. The maximum absolute atomic E-state index is 5.04. The third-order valence-electron chi connectivity index (χ3n) is 2.90. The number of nitrogens with zero attached hydrogens (tertiary/aromatic N) is 1. The van der Waals surface area contributed by atoms with E-state index in [9.17, 15) is 0 Å². The Balaban J connectivity index is 2.35. The summed E-state index contributed by atoms with van der Waals surface area (Å²) < 4.78 is 5.04. The molecule has 0 bridgehead atoms. The van der Waals surface area contributed by atoms with Crippen LogP contribution in [0.4, 0.5) is 0 Å². The number of hydrogen-bond donors (Lipinski definition) is 1. The SMILES string of the molecule is CC(C)N(C)C1CC[C@@H](OS)C1. The molecule has 1 aliphatic carbocycles. The minimum absolute atomic E-state index is 0.375. The van der Waals surface area contributed by atoms with Crippen LogP contribution in [0.2, 0.25) is 0 Å². The van der Waals surface area contributed by atoms with Crippen molar-refractivity contribution in [1.82, 2.24) is 4.90 Å². The normalized spacial score (nSPS) is 30.5. The van der Waals surface area contributed by atoms with Gasteiger partial charge in [-0.1, -0.05) is 0 Å². The van der Waals surface area contributed by atoms with E-state index in [2.05, 4.69) is 38.7 Å². The maximum Gasteiger partial charge on any atom is 0.0734 e. The lowest BCUT2D eigenvalue weighted by atomic mass is 10.2. The molecule has 0 amide bonds. The molecule has 0 N–H and O–H groups in total. The van der Waals surface area contributed by atoms with Crippen LogP contribution in [0.25, 0.3) is 0 Å². The Morgan fingerprint density at radius 1 is 1.42 bits per heavy atom. The van der Waals surface area contributed by atoms with E-state index < -0.39 is 0 Å². The number of thiol groups is 1. The van der Waals surface area contributed by atoms with Gasteiger partial charge in [-0.3, -0.25) is 0 Å². The molecule has 0 radical (unpaired) electrons. The van der Waals surface area contributed by atoms with Gasteiger partial charge in [0.15, 0.2) is 0 Å². The van der Waals surface area contributed by atoms with Crippen LogP contribution in [0.15, 0.2) is 0 Å². The summed E-state index contributed by atoms with van der Waals surface area (Å²) in [5.41, 5.74) is 0. The van der Waals surface area contributed by atoms with Gasteiger partial charge in [-0.2, -0.15) is 0 Å². The maximum atomic E-state index is 5.04. The highest BCUT2D eigenvalue weighted by molar-refractivity contribution is 7.75. The first-order valence-corrected chi connectivity index (χ1v) is 5.03. The molecular formula is C9H19NOS. The molecule has 0 aromatic carbocycles. The van der Waals surface area contributed by atoms with Crippen LogP contribution in [0.1, 0.15) is 33.1 Å². The van der Waals surface area contributed by atoms with Gasteiger partial charge in [0.05, 0.1) is 6.10 Å². The van der Waals surface area contributed by atoms with Gasteiger partial charge in [-0.25, -0.2) is 0 Å². The average Bonchev–Trinajstić information content (AvgIpc) is 2.50. The minimum Gasteiger partial charge on any atom is -0.315 e. The lowest BCUT2D eigenvalue weighted by Gasteiger charge is -2.27. The monoisotopic (exact) mass is 189 g/mol. The van der Waals surface area contributed by atoms with Crippen LogP contribution >= 0.6 is 12.9 Å². The predicted octanol–water partition coefficient (Wildman–Crippen LogP) is 2.11. The lowest BCUT2D eigenvalue weighted by Crippen LogP contribution is -2.35. The predicted molar refractivity (Wildman–Crippen MR) is 54.4 cm³/mol. The fourth-order valence-electron chi connectivity index (χ4n) is 1.80. The van der Waals surface area contributed by atoms with Crippen LogP contribution in [0.3, 0.4) is 0 Å². The van der Waals surface area contributed by atoms with Crippen molar-refractivity contribution in [2.75, 3.05) is 7.05 Å². The fraction of sp³-hybridized carbons (Fsp3) is 1.00. The Kier molecular flexibility index (Phi) is 3.87. The highest BCUT2D eigenvalue weighted by atomic mass is 32.1. The third-order valence-corrected chi connectivity index (χ3v) is 3.19. The standard InChI is InChI=1S/C9H19NOS/c1-7(2)10(3)8-4-5-9(6-8)11-12/h7-9,12H,4-6H2,1-3H3/t8?,9-/m1/s1. The van der Waals surface area contributed by atoms with Gasteiger partial charge in [0.1, 0.15) is 0 Å². The van der Waals surface area contributed by atoms with E-state index in [1.165, 1.54) is 6.42 Å². The summed E-state index contributed by atoms with van der Waals surface area (Å²) in [6.07, 6.45) is 3.92. The summed E-state index contributed by atoms with van der Waals surface area (Å²) in [5, 5.41) is 0. The molecule has 72 valence electrons. The molecule has 0 spiro atoms. The average molecular weight is 189 g/mol. The van der Waals surface area contributed by atoms with Gasteiger partial charge in [-0.05, 0) is 53.1 Å². The molecule has 3 heteroatoms. The highest BCUT2D eigenvalue weighted by Gasteiger charge is 2.28. The number of rotatable bonds is 3. The second-order valence-corrected chi connectivity index (χ2v) is 4.16. The molecule has 1 aliphatic rings. The van der Waals surface area contributed by atoms with Crippen molar-refractivity contribution in [3.05, 3.63) is 0 Å². The van der Waals surface area contributed by atoms with E-state index in [1.807, 2.05) is 0 Å². The second-order valence-electron chi connectivity index (χ2n) is 3.95. The van der Waals surface area contributed by atoms with Crippen molar-refractivity contribution < 1.29 is 4.18 Å². The topological polar surface area (TPSA) is 12.5 Å². The van der Waals surface area contributed by atoms with E-state index >= 15 is 0 Å². The van der Waals surface area contributed by atoms with Crippen molar-refractivity contribution in [2.45, 2.75) is 51.3 Å². The molecule has 0 heterocycles. The zero-order chi connectivity index (χ0) is 9.14. The minimum atomic E-state index is 0.375. The molecule has 0 aromatic rings. The van der Waals surface area contributed by atoms with Crippen molar-refractivity contribution in [3.63, 3.8) is 0 Å². The summed E-state index contributed by atoms with van der Waals surface area (Å²) in [7, 11) is 2.19. The third kappa shape index (κ3) is 2.38.